The van der Waals surface area contributed by atoms with Crippen LogP contribution in [-0.4, -0.2) is 35.6 Å². The van der Waals surface area contributed by atoms with Gasteiger partial charge in [0.05, 0.1) is 10.2 Å². The summed E-state index contributed by atoms with van der Waals surface area (Å²) in [6, 6.07) is 0.621. The lowest BCUT2D eigenvalue weighted by atomic mass is 9.93. The van der Waals surface area contributed by atoms with Crippen molar-refractivity contribution in [3.63, 3.8) is 0 Å². The summed E-state index contributed by atoms with van der Waals surface area (Å²) < 4.78 is 1.26. The minimum absolute atomic E-state index is 0.621. The van der Waals surface area contributed by atoms with Crippen molar-refractivity contribution in [3.8, 4) is 0 Å². The molecule has 0 radical (unpaired) electrons. The molecule has 0 amide bonds. The van der Waals surface area contributed by atoms with E-state index in [1.165, 1.54) is 16.7 Å². The summed E-state index contributed by atoms with van der Waals surface area (Å²) in [5.41, 5.74) is 2.40. The number of aryl methyl sites for hydroxylation is 1. The first-order valence-electron chi connectivity index (χ1n) is 7.45. The number of fused-ring (bicyclic) bond motifs is 2. The van der Waals surface area contributed by atoms with Crippen LogP contribution in [0.5, 0.6) is 0 Å². The maximum atomic E-state index is 4.63. The van der Waals surface area contributed by atoms with Gasteiger partial charge in [0.1, 0.15) is 12.1 Å². The van der Waals surface area contributed by atoms with Gasteiger partial charge in [-0.3, -0.25) is 0 Å². The van der Waals surface area contributed by atoms with E-state index >= 15 is 0 Å². The van der Waals surface area contributed by atoms with E-state index in [-0.39, 0.29) is 0 Å². The summed E-state index contributed by atoms with van der Waals surface area (Å²) >= 11 is 1.79. The van der Waals surface area contributed by atoms with Gasteiger partial charge >= 0.3 is 0 Å². The number of rotatable bonds is 2. The standard InChI is InChI=1S/C15H20N4S/c1-3-12-11-5-16-4-10(11)6-19(12)15-14-13(17-8-18-15)9(2)7-20-14/h7-8,10-12,16H,3-6H2,1-2H3. The molecule has 4 heterocycles. The first kappa shape index (κ1) is 12.5. The highest BCUT2D eigenvalue weighted by Crippen LogP contribution is 2.40. The Bertz CT molecular complexity index is 638. The summed E-state index contributed by atoms with van der Waals surface area (Å²) in [6.07, 6.45) is 2.93. The van der Waals surface area contributed by atoms with E-state index in [0.29, 0.717) is 6.04 Å². The first-order chi connectivity index (χ1) is 9.79. The zero-order valence-electron chi connectivity index (χ0n) is 12.0. The van der Waals surface area contributed by atoms with E-state index in [4.69, 9.17) is 0 Å². The van der Waals surface area contributed by atoms with Gasteiger partial charge < -0.3 is 10.2 Å². The third-order valence-electron chi connectivity index (χ3n) is 4.92. The van der Waals surface area contributed by atoms with Crippen LogP contribution < -0.4 is 10.2 Å². The van der Waals surface area contributed by atoms with Crippen molar-refractivity contribution in [2.75, 3.05) is 24.5 Å². The molecule has 20 heavy (non-hydrogen) atoms. The highest BCUT2D eigenvalue weighted by Gasteiger charge is 2.44. The summed E-state index contributed by atoms with van der Waals surface area (Å²) in [5.74, 6) is 2.73. The largest absolute Gasteiger partial charge is 0.352 e. The molecule has 0 bridgehead atoms. The zero-order chi connectivity index (χ0) is 13.7. The molecule has 2 aromatic heterocycles. The fraction of sp³-hybridized carbons (Fsp3) is 0.600. The van der Waals surface area contributed by atoms with E-state index in [1.807, 2.05) is 0 Å². The molecule has 2 aliphatic heterocycles. The van der Waals surface area contributed by atoms with Crippen LogP contribution in [0.2, 0.25) is 0 Å². The van der Waals surface area contributed by atoms with Crippen molar-refractivity contribution in [2.45, 2.75) is 26.3 Å². The predicted octanol–water partition coefficient (Wildman–Crippen LogP) is 2.43. The third kappa shape index (κ3) is 1.69. The van der Waals surface area contributed by atoms with Crippen molar-refractivity contribution in [1.82, 2.24) is 15.3 Å². The fourth-order valence-corrected chi connectivity index (χ4v) is 4.96. The lowest BCUT2D eigenvalue weighted by Gasteiger charge is -2.28. The molecule has 4 nitrogen and oxygen atoms in total. The molecule has 0 spiro atoms. The SMILES string of the molecule is CCC1C2CNCC2CN1c1ncnc2c(C)csc12. The Morgan fingerprint density at radius 3 is 3.15 bits per heavy atom. The number of hydrogen-bond acceptors (Lipinski definition) is 5. The molecule has 1 N–H and O–H groups in total. The van der Waals surface area contributed by atoms with Gasteiger partial charge in [-0.1, -0.05) is 6.92 Å². The highest BCUT2D eigenvalue weighted by molar-refractivity contribution is 7.18. The van der Waals surface area contributed by atoms with Crippen molar-refractivity contribution in [1.29, 1.82) is 0 Å². The molecule has 2 aliphatic rings. The molecule has 0 aromatic carbocycles. The number of anilines is 1. The summed E-state index contributed by atoms with van der Waals surface area (Å²) in [5, 5.41) is 5.74. The Morgan fingerprint density at radius 1 is 1.40 bits per heavy atom. The van der Waals surface area contributed by atoms with Crippen LogP contribution in [0.25, 0.3) is 10.2 Å². The third-order valence-corrected chi connectivity index (χ3v) is 6.00. The maximum absolute atomic E-state index is 4.63. The molecule has 3 unspecified atom stereocenters. The molecule has 0 saturated carbocycles. The lowest BCUT2D eigenvalue weighted by molar-refractivity contribution is 0.441. The number of nitrogens with zero attached hydrogens (tertiary/aromatic N) is 3. The Balaban J connectivity index is 1.79. The van der Waals surface area contributed by atoms with Gasteiger partial charge in [-0.15, -0.1) is 11.3 Å². The Labute approximate surface area is 123 Å². The Morgan fingerprint density at radius 2 is 2.30 bits per heavy atom. The van der Waals surface area contributed by atoms with Crippen molar-refractivity contribution < 1.29 is 0 Å². The molecule has 0 aliphatic carbocycles. The second kappa shape index (κ2) is 4.67. The Hall–Kier alpha value is -1.20. The topological polar surface area (TPSA) is 41.0 Å². The number of nitrogens with one attached hydrogen (secondary N) is 1. The minimum atomic E-state index is 0.621. The average molecular weight is 288 g/mol. The van der Waals surface area contributed by atoms with E-state index in [2.05, 4.69) is 39.4 Å². The molecule has 106 valence electrons. The lowest BCUT2D eigenvalue weighted by Crippen LogP contribution is -2.35. The Kier molecular flexibility index (Phi) is 2.93. The van der Waals surface area contributed by atoms with Crippen LogP contribution in [0.4, 0.5) is 5.82 Å². The van der Waals surface area contributed by atoms with Crippen molar-refractivity contribution >= 4 is 27.4 Å². The number of thiophene rings is 1. The van der Waals surface area contributed by atoms with Crippen LogP contribution in [-0.2, 0) is 0 Å². The fourth-order valence-electron chi connectivity index (χ4n) is 3.95. The van der Waals surface area contributed by atoms with Crippen LogP contribution in [0.1, 0.15) is 18.9 Å². The smallest absolute Gasteiger partial charge is 0.150 e. The van der Waals surface area contributed by atoms with Gasteiger partial charge in [0, 0.05) is 25.7 Å². The van der Waals surface area contributed by atoms with Crippen molar-refractivity contribution in [3.05, 3.63) is 17.3 Å². The molecule has 5 heteroatoms. The zero-order valence-corrected chi connectivity index (χ0v) is 12.8. The summed E-state index contributed by atoms with van der Waals surface area (Å²) in [7, 11) is 0. The molecule has 2 aromatic rings. The molecule has 2 fully saturated rings. The first-order valence-corrected chi connectivity index (χ1v) is 8.33. The molecule has 4 rings (SSSR count). The number of hydrogen-bond donors (Lipinski definition) is 1. The van der Waals surface area contributed by atoms with E-state index < -0.39 is 0 Å². The second-order valence-electron chi connectivity index (χ2n) is 6.00. The molecular weight excluding hydrogens is 268 g/mol. The van der Waals surface area contributed by atoms with Crippen LogP contribution in [0.15, 0.2) is 11.7 Å². The van der Waals surface area contributed by atoms with E-state index in [9.17, 15) is 0 Å². The minimum Gasteiger partial charge on any atom is -0.352 e. The molecule has 3 atom stereocenters. The van der Waals surface area contributed by atoms with Crippen LogP contribution >= 0.6 is 11.3 Å². The quantitative estimate of drug-likeness (QED) is 0.921. The summed E-state index contributed by atoms with van der Waals surface area (Å²) in [6.45, 7) is 7.90. The van der Waals surface area contributed by atoms with Gasteiger partial charge in [0.25, 0.3) is 0 Å². The van der Waals surface area contributed by atoms with Gasteiger partial charge in [-0.25, -0.2) is 9.97 Å². The van der Waals surface area contributed by atoms with Crippen LogP contribution in [0, 0.1) is 18.8 Å². The van der Waals surface area contributed by atoms with E-state index in [1.54, 1.807) is 17.7 Å². The summed E-state index contributed by atoms with van der Waals surface area (Å²) in [4.78, 5) is 11.6. The average Bonchev–Trinajstić information content (AvgIpc) is 3.12. The monoisotopic (exact) mass is 288 g/mol. The van der Waals surface area contributed by atoms with Gasteiger partial charge in [-0.05, 0) is 36.1 Å². The van der Waals surface area contributed by atoms with Crippen LogP contribution in [0.3, 0.4) is 0 Å². The molecule has 2 saturated heterocycles. The number of aromatic nitrogens is 2. The maximum Gasteiger partial charge on any atom is 0.150 e. The van der Waals surface area contributed by atoms with E-state index in [0.717, 1.165) is 42.8 Å². The van der Waals surface area contributed by atoms with Gasteiger partial charge in [-0.2, -0.15) is 0 Å². The van der Waals surface area contributed by atoms with Gasteiger partial charge in [0.15, 0.2) is 0 Å². The highest BCUT2D eigenvalue weighted by atomic mass is 32.1. The molecular formula is C15H20N4S. The van der Waals surface area contributed by atoms with Crippen molar-refractivity contribution in [2.24, 2.45) is 11.8 Å². The normalized spacial score (nSPS) is 29.3. The second-order valence-corrected chi connectivity index (χ2v) is 6.88. The van der Waals surface area contributed by atoms with Gasteiger partial charge in [0.2, 0.25) is 0 Å². The predicted molar refractivity (Wildman–Crippen MR) is 83.4 cm³/mol.